The third kappa shape index (κ3) is 23.7. The molecule has 5 heterocycles. The predicted octanol–water partition coefficient (Wildman–Crippen LogP) is 30.2. The maximum Gasteiger partial charge on any atom is 0.311 e. The van der Waals surface area contributed by atoms with Gasteiger partial charge >= 0.3 is 11.9 Å². The first-order valence-corrected chi connectivity index (χ1v) is 46.8. The van der Waals surface area contributed by atoms with E-state index in [1.807, 2.05) is 121 Å². The van der Waals surface area contributed by atoms with Gasteiger partial charge < -0.3 is 47.9 Å². The molecular weight excluding hydrogens is 1580 g/mol. The minimum Gasteiger partial charge on any atom is -0.469 e. The Morgan fingerprint density at radius 1 is 0.244 bits per heavy atom. The minimum atomic E-state index is -0.367. The largest absolute Gasteiger partial charge is 0.469 e. The maximum atomic E-state index is 14.0. The molecular formula is C109H120N8O10. The molecule has 18 heteroatoms. The van der Waals surface area contributed by atoms with Crippen LogP contribution in [0.2, 0.25) is 0 Å². The number of esters is 2. The van der Waals surface area contributed by atoms with Crippen molar-refractivity contribution in [1.29, 1.82) is 0 Å². The van der Waals surface area contributed by atoms with Crippen molar-refractivity contribution in [3.63, 3.8) is 0 Å². The van der Waals surface area contributed by atoms with Gasteiger partial charge in [0.2, 0.25) is 0 Å². The molecule has 8 bridgehead atoms. The highest BCUT2D eigenvalue weighted by Crippen LogP contribution is 2.49. The number of unbranched alkanes of at least 4 members (excludes halogenated alkanes) is 17. The van der Waals surface area contributed by atoms with Crippen molar-refractivity contribution >= 4 is 56.1 Å². The number of aromatic amines is 2. The van der Waals surface area contributed by atoms with Crippen LogP contribution in [0.4, 0.5) is 0 Å². The van der Waals surface area contributed by atoms with Gasteiger partial charge in [-0.2, -0.15) is 0 Å². The summed E-state index contributed by atoms with van der Waals surface area (Å²) in [4.78, 5) is 66.7. The summed E-state index contributed by atoms with van der Waals surface area (Å²) in [5.74, 6) is 7.20. The summed E-state index contributed by atoms with van der Waals surface area (Å²) in [5, 5.41) is 2.48. The Morgan fingerprint density at radius 2 is 0.480 bits per heavy atom. The summed E-state index contributed by atoms with van der Waals surface area (Å²) in [6, 6.07) is 67.1. The number of methoxy groups -OCH3 is 1. The molecule has 0 spiro atoms. The highest BCUT2D eigenvalue weighted by Gasteiger charge is 2.29. The van der Waals surface area contributed by atoms with Crippen LogP contribution in [0.5, 0.6) is 74.7 Å². The van der Waals surface area contributed by atoms with Gasteiger partial charge in [0.1, 0.15) is 62.8 Å². The number of hydrogen-bond donors (Lipinski definition) is 2. The smallest absolute Gasteiger partial charge is 0.311 e. The van der Waals surface area contributed by atoms with Gasteiger partial charge in [-0.3, -0.25) is 9.59 Å². The number of nitrogens with zero attached hydrogens (tertiary/aromatic N) is 6. The maximum absolute atomic E-state index is 14.0. The van der Waals surface area contributed by atoms with Gasteiger partial charge in [0, 0.05) is 56.6 Å². The molecule has 0 fully saturated rings. The Bertz CT molecular complexity index is 6050. The van der Waals surface area contributed by atoms with Crippen LogP contribution in [0, 0.1) is 0 Å². The molecule has 0 amide bonds. The van der Waals surface area contributed by atoms with Crippen LogP contribution in [0.15, 0.2) is 200 Å². The molecule has 2 aliphatic rings. The van der Waals surface area contributed by atoms with Crippen molar-refractivity contribution in [2.75, 3.05) is 7.11 Å². The zero-order valence-corrected chi connectivity index (χ0v) is 74.9. The van der Waals surface area contributed by atoms with Gasteiger partial charge in [-0.25, -0.2) is 29.9 Å². The first-order chi connectivity index (χ1) is 62.4. The molecule has 15 rings (SSSR count). The third-order valence-corrected chi connectivity index (χ3v) is 23.8. The zero-order chi connectivity index (χ0) is 87.6. The number of aryl methyl sites for hydroxylation is 6. The average molecular weight is 1700 g/mol. The monoisotopic (exact) mass is 1700 g/mol. The molecule has 0 saturated carbocycles. The van der Waals surface area contributed by atoms with E-state index >= 15 is 0 Å². The standard InChI is InChI=1S/C109H120N8O10/c1-8-14-24-32-73-40-52-79(53-41-73)121-94-67-88-89(68-95(94)122-80-54-42-74(43-55-80)33-25-15-9-2)106-113-104(88)111-102-86-65-64-85(127-101(119)39-31-23-21-20-22-30-38-100(118)120-7)66-87(86)103(110-102)112-105-90-69-96(123-81-56-44-75(45-57-81)34-26-16-10-3)97(124-82-58-46-76(47-59-82)35-27-17-11-4)70-91(90)107(114-105)116-109-93-72-99(126-84-62-50-78(51-63-84)37-29-19-13-6)98(71-92(93)108(115-106)117-109)125-83-60-48-77(49-61-83)36-28-18-12-5/h40-72H,8-39H2,1-7H3,(H2,110,111,112,113,114,115,116,117). The topological polar surface area (TPSA) is 217 Å². The van der Waals surface area contributed by atoms with E-state index in [-0.39, 0.29) is 24.2 Å². The normalized spacial score (nSPS) is 11.6. The van der Waals surface area contributed by atoms with Gasteiger partial charge in [-0.15, -0.1) is 0 Å². The highest BCUT2D eigenvalue weighted by atomic mass is 16.5. The van der Waals surface area contributed by atoms with Crippen LogP contribution < -0.4 is 33.2 Å². The number of rotatable bonds is 46. The van der Waals surface area contributed by atoms with Crippen molar-refractivity contribution in [2.45, 2.75) is 247 Å². The van der Waals surface area contributed by atoms with Crippen molar-refractivity contribution < 1.29 is 47.5 Å². The van der Waals surface area contributed by atoms with Crippen LogP contribution in [-0.4, -0.2) is 58.9 Å². The molecule has 656 valence electrons. The Morgan fingerprint density at radius 3 is 0.748 bits per heavy atom. The number of carbonyl (C=O) groups excluding carboxylic acids is 2. The number of aromatic nitrogens is 8. The van der Waals surface area contributed by atoms with Crippen LogP contribution in [0.25, 0.3) is 89.7 Å². The number of hydrogen-bond acceptors (Lipinski definition) is 16. The van der Waals surface area contributed by atoms with Gasteiger partial charge in [-0.1, -0.05) is 217 Å². The van der Waals surface area contributed by atoms with E-state index < -0.39 is 0 Å². The third-order valence-electron chi connectivity index (χ3n) is 23.8. The second kappa shape index (κ2) is 44.4. The van der Waals surface area contributed by atoms with Crippen LogP contribution in [-0.2, 0) is 52.9 Å². The number of carbonyl (C=O) groups is 2. The SMILES string of the molecule is CCCCCc1ccc(Oc2cc3c(cc2Oc2ccc(CCCCC)cc2)-c2nc-3nc3[nH]c(nc4nc(nc5[nH]c(n2)c2cc(Oc6ccc(CCCCC)cc6)c(Oc6ccc(CCCCC)cc6)cc52)-c2cc(Oc5ccc(CCCCC)cc5)c(Oc5ccc(CCCCC)cc5)cc2-4)c2cc(OC(=O)CCCCCCCCC(=O)OC)ccc32)cc1. The van der Waals surface area contributed by atoms with Crippen molar-refractivity contribution in [1.82, 2.24) is 39.9 Å². The number of H-pyrrole nitrogens is 2. The summed E-state index contributed by atoms with van der Waals surface area (Å²) < 4.78 is 53.6. The Labute approximate surface area is 747 Å². The lowest BCUT2D eigenvalue weighted by Gasteiger charge is -2.15. The fraction of sp³-hybridized carbons (Fsp3) is 0.358. The van der Waals surface area contributed by atoms with E-state index in [4.69, 9.17) is 67.8 Å². The second-order valence-corrected chi connectivity index (χ2v) is 33.7. The Kier molecular flexibility index (Phi) is 31.2. The first kappa shape index (κ1) is 89.1. The quantitative estimate of drug-likeness (QED) is 0.0206. The van der Waals surface area contributed by atoms with Crippen molar-refractivity contribution in [3.05, 3.63) is 234 Å². The molecule has 127 heavy (non-hydrogen) atoms. The summed E-state index contributed by atoms with van der Waals surface area (Å²) in [6.07, 6.45) is 31.6. The molecule has 2 aliphatic heterocycles. The molecule has 18 nitrogen and oxygen atoms in total. The molecule has 2 N–H and O–H groups in total. The van der Waals surface area contributed by atoms with Gasteiger partial charge in [0.15, 0.2) is 57.8 Å². The lowest BCUT2D eigenvalue weighted by atomic mass is 10.1. The lowest BCUT2D eigenvalue weighted by molar-refractivity contribution is -0.140. The molecule has 0 atom stereocenters. The van der Waals surface area contributed by atoms with E-state index in [2.05, 4.69) is 124 Å². The second-order valence-electron chi connectivity index (χ2n) is 33.7. The zero-order valence-electron chi connectivity index (χ0n) is 74.9. The number of fused-ring (bicyclic) bond motifs is 20. The lowest BCUT2D eigenvalue weighted by Crippen LogP contribution is -2.07. The van der Waals surface area contributed by atoms with Crippen LogP contribution in [0.1, 0.15) is 242 Å². The summed E-state index contributed by atoms with van der Waals surface area (Å²) in [6.45, 7) is 13.3. The Hall–Kier alpha value is -12.7. The van der Waals surface area contributed by atoms with Crippen LogP contribution >= 0.6 is 0 Å². The molecule has 13 aromatic rings. The van der Waals surface area contributed by atoms with E-state index in [9.17, 15) is 9.59 Å². The molecule has 0 radical (unpaired) electrons. The molecule has 0 unspecified atom stereocenters. The molecule has 3 aromatic heterocycles. The van der Waals surface area contributed by atoms with E-state index in [0.717, 1.165) is 186 Å². The highest BCUT2D eigenvalue weighted by molar-refractivity contribution is 6.08. The number of ether oxygens (including phenoxy) is 8. The fourth-order valence-electron chi connectivity index (χ4n) is 16.4. The van der Waals surface area contributed by atoms with Crippen LogP contribution in [0.3, 0.4) is 0 Å². The predicted molar refractivity (Wildman–Crippen MR) is 509 cm³/mol. The summed E-state index contributed by atoms with van der Waals surface area (Å²) in [5.41, 5.74) is 11.3. The first-order valence-electron chi connectivity index (χ1n) is 46.8. The average Bonchev–Trinajstić information content (AvgIpc) is 1.59. The molecule has 0 saturated heterocycles. The van der Waals surface area contributed by atoms with E-state index in [1.54, 1.807) is 6.07 Å². The fourth-order valence-corrected chi connectivity index (χ4v) is 16.4. The van der Waals surface area contributed by atoms with Crippen molar-refractivity contribution in [2.24, 2.45) is 0 Å². The van der Waals surface area contributed by atoms with Gasteiger partial charge in [-0.05, 0) is 251 Å². The van der Waals surface area contributed by atoms with Gasteiger partial charge in [0.05, 0.1) is 7.11 Å². The number of benzene rings is 10. The summed E-state index contributed by atoms with van der Waals surface area (Å²) >= 11 is 0. The van der Waals surface area contributed by atoms with Crippen molar-refractivity contribution in [3.8, 4) is 120 Å². The molecule has 0 aliphatic carbocycles. The van der Waals surface area contributed by atoms with E-state index in [1.165, 1.54) is 40.5 Å². The molecule has 10 aromatic carbocycles. The Balaban J connectivity index is 0.962. The minimum absolute atomic E-state index is 0.201. The van der Waals surface area contributed by atoms with E-state index in [0.29, 0.717) is 171 Å². The summed E-state index contributed by atoms with van der Waals surface area (Å²) in [7, 11) is 1.42. The van der Waals surface area contributed by atoms with Gasteiger partial charge in [0.25, 0.3) is 0 Å². The number of nitrogens with one attached hydrogen (secondary N) is 2.